The average molecular weight is 507 g/mol. The first-order chi connectivity index (χ1) is 9.79. The molecular formula is C13H5BrCl2F2INO. The van der Waals surface area contributed by atoms with Gasteiger partial charge in [-0.1, -0.05) is 23.2 Å². The molecule has 110 valence electrons. The number of hydrogen-bond acceptors (Lipinski definition) is 1. The molecule has 0 bridgehead atoms. The number of carbonyl (C=O) groups is 1. The van der Waals surface area contributed by atoms with Gasteiger partial charge in [-0.05, 0) is 56.7 Å². The Labute approximate surface area is 151 Å². The third-order valence-electron chi connectivity index (χ3n) is 2.48. The lowest BCUT2D eigenvalue weighted by molar-refractivity contribution is 0.102. The molecule has 0 aliphatic heterocycles. The van der Waals surface area contributed by atoms with E-state index in [1.807, 2.05) is 22.6 Å². The number of anilines is 1. The highest BCUT2D eigenvalue weighted by molar-refractivity contribution is 14.1. The van der Waals surface area contributed by atoms with Crippen molar-refractivity contribution in [1.82, 2.24) is 0 Å². The summed E-state index contributed by atoms with van der Waals surface area (Å²) in [5, 5.41) is 2.96. The molecule has 2 aromatic carbocycles. The number of halogens is 6. The van der Waals surface area contributed by atoms with Crippen molar-refractivity contribution in [3.8, 4) is 0 Å². The topological polar surface area (TPSA) is 29.1 Å². The van der Waals surface area contributed by atoms with E-state index in [0.29, 0.717) is 14.7 Å². The fourth-order valence-corrected chi connectivity index (χ4v) is 3.12. The van der Waals surface area contributed by atoms with Gasteiger partial charge in [0.2, 0.25) is 0 Å². The van der Waals surface area contributed by atoms with Gasteiger partial charge in [-0.2, -0.15) is 0 Å². The Balaban J connectivity index is 2.40. The number of nitrogens with one attached hydrogen (secondary N) is 1. The maximum absolute atomic E-state index is 13.7. The Kier molecular flexibility index (Phi) is 5.45. The van der Waals surface area contributed by atoms with E-state index >= 15 is 0 Å². The van der Waals surface area contributed by atoms with Crippen molar-refractivity contribution in [2.75, 3.05) is 5.32 Å². The van der Waals surface area contributed by atoms with Crippen molar-refractivity contribution in [3.63, 3.8) is 0 Å². The molecule has 0 radical (unpaired) electrons. The third-order valence-corrected chi connectivity index (χ3v) is 5.11. The molecule has 0 saturated heterocycles. The van der Waals surface area contributed by atoms with E-state index in [-0.39, 0.29) is 20.7 Å². The number of rotatable bonds is 2. The Morgan fingerprint density at radius 3 is 2.48 bits per heavy atom. The summed E-state index contributed by atoms with van der Waals surface area (Å²) in [6.07, 6.45) is 0. The first-order valence-electron chi connectivity index (χ1n) is 5.40. The minimum atomic E-state index is -0.890. The molecule has 0 aromatic heterocycles. The second-order valence-corrected chi connectivity index (χ2v) is 6.72. The zero-order chi connectivity index (χ0) is 15.7. The van der Waals surface area contributed by atoms with Crippen LogP contribution in [0, 0.1) is 15.2 Å². The quantitative estimate of drug-likeness (QED) is 0.399. The molecule has 0 fully saturated rings. The van der Waals surface area contributed by atoms with Crippen LogP contribution < -0.4 is 5.32 Å². The van der Waals surface area contributed by atoms with E-state index in [4.69, 9.17) is 23.2 Å². The zero-order valence-corrected chi connectivity index (χ0v) is 15.2. The van der Waals surface area contributed by atoms with E-state index in [9.17, 15) is 13.6 Å². The van der Waals surface area contributed by atoms with Crippen molar-refractivity contribution >= 4 is 73.3 Å². The molecule has 2 aromatic rings. The molecule has 2 nitrogen and oxygen atoms in total. The van der Waals surface area contributed by atoms with E-state index in [1.54, 1.807) is 0 Å². The summed E-state index contributed by atoms with van der Waals surface area (Å²) in [4.78, 5) is 12.2. The molecule has 0 unspecified atom stereocenters. The lowest BCUT2D eigenvalue weighted by Gasteiger charge is -2.11. The van der Waals surface area contributed by atoms with Crippen LogP contribution in [0.15, 0.2) is 28.7 Å². The molecule has 0 aliphatic rings. The molecule has 2 rings (SSSR count). The van der Waals surface area contributed by atoms with Gasteiger partial charge in [0.25, 0.3) is 5.91 Å². The SMILES string of the molecule is O=C(Nc1c(F)cc(F)cc1Br)c1cc(Cl)cc(Cl)c1I. The zero-order valence-electron chi connectivity index (χ0n) is 9.99. The van der Waals surface area contributed by atoms with Crippen LogP contribution >= 0.6 is 61.7 Å². The van der Waals surface area contributed by atoms with Gasteiger partial charge in [0.15, 0.2) is 5.82 Å². The normalized spacial score (nSPS) is 10.6. The molecule has 0 aliphatic carbocycles. The highest BCUT2D eigenvalue weighted by atomic mass is 127. The van der Waals surface area contributed by atoms with Gasteiger partial charge in [0, 0.05) is 19.1 Å². The van der Waals surface area contributed by atoms with Gasteiger partial charge in [-0.25, -0.2) is 8.78 Å². The van der Waals surface area contributed by atoms with Gasteiger partial charge < -0.3 is 5.32 Å². The summed E-state index contributed by atoms with van der Waals surface area (Å²) in [5.41, 5.74) is 0.0389. The standard InChI is InChI=1S/C13H5BrCl2F2INO/c14-8-3-6(17)4-10(18)12(8)20-13(21)7-1-5(15)2-9(16)11(7)19/h1-4H,(H,20,21). The van der Waals surface area contributed by atoms with E-state index < -0.39 is 17.5 Å². The molecule has 8 heteroatoms. The monoisotopic (exact) mass is 505 g/mol. The Bertz CT molecular complexity index is 719. The lowest BCUT2D eigenvalue weighted by Crippen LogP contribution is -2.15. The summed E-state index contributed by atoms with van der Waals surface area (Å²) < 4.78 is 27.3. The average Bonchev–Trinajstić information content (AvgIpc) is 2.37. The van der Waals surface area contributed by atoms with Crippen LogP contribution in [0.2, 0.25) is 10.0 Å². The number of benzene rings is 2. The van der Waals surface area contributed by atoms with Crippen LogP contribution in [-0.4, -0.2) is 5.91 Å². The van der Waals surface area contributed by atoms with Crippen molar-refractivity contribution in [3.05, 3.63) is 59.6 Å². The predicted octanol–water partition coefficient (Wildman–Crippen LogP) is 5.89. The van der Waals surface area contributed by atoms with Gasteiger partial charge in [0.1, 0.15) is 5.82 Å². The fraction of sp³-hybridized carbons (Fsp3) is 0. The van der Waals surface area contributed by atoms with Gasteiger partial charge in [-0.3, -0.25) is 4.79 Å². The maximum atomic E-state index is 13.7. The van der Waals surface area contributed by atoms with Crippen LogP contribution in [0.5, 0.6) is 0 Å². The number of carbonyl (C=O) groups excluding carboxylic acids is 1. The Morgan fingerprint density at radius 1 is 1.19 bits per heavy atom. The van der Waals surface area contributed by atoms with Gasteiger partial charge >= 0.3 is 0 Å². The fourth-order valence-electron chi connectivity index (χ4n) is 1.56. The molecule has 21 heavy (non-hydrogen) atoms. The van der Waals surface area contributed by atoms with Crippen molar-refractivity contribution in [2.45, 2.75) is 0 Å². The molecule has 0 heterocycles. The summed E-state index contributed by atoms with van der Waals surface area (Å²) in [6.45, 7) is 0. The van der Waals surface area contributed by atoms with Gasteiger partial charge in [-0.15, -0.1) is 0 Å². The summed E-state index contributed by atoms with van der Waals surface area (Å²) >= 11 is 16.7. The highest BCUT2D eigenvalue weighted by Gasteiger charge is 2.18. The van der Waals surface area contributed by atoms with Crippen molar-refractivity contribution < 1.29 is 13.6 Å². The van der Waals surface area contributed by atoms with Crippen LogP contribution in [-0.2, 0) is 0 Å². The number of amides is 1. The van der Waals surface area contributed by atoms with Crippen molar-refractivity contribution in [1.29, 1.82) is 0 Å². The lowest BCUT2D eigenvalue weighted by atomic mass is 10.2. The first-order valence-corrected chi connectivity index (χ1v) is 8.03. The van der Waals surface area contributed by atoms with Crippen LogP contribution in [0.3, 0.4) is 0 Å². The minimum Gasteiger partial charge on any atom is -0.318 e. The van der Waals surface area contributed by atoms with E-state index in [2.05, 4.69) is 21.2 Å². The molecule has 1 N–H and O–H groups in total. The predicted molar refractivity (Wildman–Crippen MR) is 91.2 cm³/mol. The first kappa shape index (κ1) is 16.9. The van der Waals surface area contributed by atoms with E-state index in [0.717, 1.165) is 6.07 Å². The summed E-state index contributed by atoms with van der Waals surface area (Å²) in [5.74, 6) is -2.24. The summed E-state index contributed by atoms with van der Waals surface area (Å²) in [7, 11) is 0. The molecule has 0 saturated carbocycles. The number of hydrogen-bond donors (Lipinski definition) is 1. The molecular weight excluding hydrogens is 502 g/mol. The van der Waals surface area contributed by atoms with Crippen LogP contribution in [0.25, 0.3) is 0 Å². The van der Waals surface area contributed by atoms with Crippen LogP contribution in [0.1, 0.15) is 10.4 Å². The third kappa shape index (κ3) is 3.85. The highest BCUT2D eigenvalue weighted by Crippen LogP contribution is 2.30. The largest absolute Gasteiger partial charge is 0.318 e. The Hall–Kier alpha value is -0.440. The van der Waals surface area contributed by atoms with Gasteiger partial charge in [0.05, 0.1) is 16.3 Å². The summed E-state index contributed by atoms with van der Waals surface area (Å²) in [6, 6.07) is 4.64. The van der Waals surface area contributed by atoms with Crippen molar-refractivity contribution in [2.24, 2.45) is 0 Å². The second-order valence-electron chi connectivity index (χ2n) is 3.95. The minimum absolute atomic E-state index is 0.0940. The molecule has 0 spiro atoms. The van der Waals surface area contributed by atoms with Crippen LogP contribution in [0.4, 0.5) is 14.5 Å². The molecule has 1 amide bonds. The van der Waals surface area contributed by atoms with E-state index in [1.165, 1.54) is 12.1 Å². The Morgan fingerprint density at radius 2 is 1.86 bits per heavy atom. The second kappa shape index (κ2) is 6.76. The molecule has 0 atom stereocenters. The smallest absolute Gasteiger partial charge is 0.256 e. The maximum Gasteiger partial charge on any atom is 0.256 e.